The molecule has 0 saturated carbocycles. The monoisotopic (exact) mass is 387 g/mol. The van der Waals surface area contributed by atoms with Gasteiger partial charge in [-0.25, -0.2) is 0 Å². The summed E-state index contributed by atoms with van der Waals surface area (Å²) in [4.78, 5) is 17.1. The highest BCUT2D eigenvalue weighted by Crippen LogP contribution is 2.30. The summed E-state index contributed by atoms with van der Waals surface area (Å²) in [5.41, 5.74) is 2.27. The van der Waals surface area contributed by atoms with E-state index < -0.39 is 0 Å². The van der Waals surface area contributed by atoms with E-state index in [9.17, 15) is 4.79 Å². The van der Waals surface area contributed by atoms with Crippen LogP contribution in [0.2, 0.25) is 5.02 Å². The van der Waals surface area contributed by atoms with Crippen molar-refractivity contribution in [3.8, 4) is 5.75 Å². The third-order valence-electron chi connectivity index (χ3n) is 4.54. The quantitative estimate of drug-likeness (QED) is 0.837. The molecule has 0 aromatic heterocycles. The summed E-state index contributed by atoms with van der Waals surface area (Å²) in [6.07, 6.45) is 0.102. The van der Waals surface area contributed by atoms with Crippen LogP contribution in [0.3, 0.4) is 0 Å². The lowest BCUT2D eigenvalue weighted by atomic mass is 10.2. The van der Waals surface area contributed by atoms with E-state index in [1.54, 1.807) is 24.3 Å². The molecule has 1 aliphatic heterocycles. The van der Waals surface area contributed by atoms with Gasteiger partial charge in [0, 0.05) is 37.4 Å². The van der Waals surface area contributed by atoms with Crippen LogP contribution in [0.5, 0.6) is 5.75 Å². The molecule has 1 fully saturated rings. The smallest absolute Gasteiger partial charge is 0.255 e. The van der Waals surface area contributed by atoms with Crippen LogP contribution >= 0.6 is 11.6 Å². The van der Waals surface area contributed by atoms with Crippen molar-refractivity contribution in [2.45, 2.75) is 20.0 Å². The SMILES string of the molecule is CC(C)Oc1ccc(C(=O)Nc2ccc(N3CCN(C)CC3)c(Cl)c2)cc1. The fraction of sp³-hybridized carbons (Fsp3) is 0.381. The third-order valence-corrected chi connectivity index (χ3v) is 4.84. The number of nitrogens with one attached hydrogen (secondary N) is 1. The Labute approximate surface area is 165 Å². The molecule has 3 rings (SSSR count). The number of hydrogen-bond acceptors (Lipinski definition) is 4. The Morgan fingerprint density at radius 2 is 1.74 bits per heavy atom. The number of ether oxygens (including phenoxy) is 1. The molecule has 1 aliphatic rings. The minimum absolute atomic E-state index is 0.102. The predicted octanol–water partition coefficient (Wildman–Crippen LogP) is 4.13. The van der Waals surface area contributed by atoms with Gasteiger partial charge in [-0.3, -0.25) is 4.79 Å². The van der Waals surface area contributed by atoms with Gasteiger partial charge in [0.05, 0.1) is 16.8 Å². The first kappa shape index (κ1) is 19.5. The Kier molecular flexibility index (Phi) is 6.24. The lowest BCUT2D eigenvalue weighted by Gasteiger charge is -2.34. The Bertz CT molecular complexity index is 785. The van der Waals surface area contributed by atoms with Crippen molar-refractivity contribution >= 4 is 28.9 Å². The molecule has 2 aromatic carbocycles. The minimum Gasteiger partial charge on any atom is -0.491 e. The molecule has 0 bridgehead atoms. The maximum atomic E-state index is 12.5. The number of anilines is 2. The third kappa shape index (κ3) is 5.15. The van der Waals surface area contributed by atoms with Crippen molar-refractivity contribution in [2.24, 2.45) is 0 Å². The summed E-state index contributed by atoms with van der Waals surface area (Å²) in [5, 5.41) is 3.56. The summed E-state index contributed by atoms with van der Waals surface area (Å²) in [6, 6.07) is 12.8. The van der Waals surface area contributed by atoms with Gasteiger partial charge in [0.1, 0.15) is 5.75 Å². The van der Waals surface area contributed by atoms with Crippen molar-refractivity contribution in [2.75, 3.05) is 43.4 Å². The first-order valence-corrected chi connectivity index (χ1v) is 9.61. The Morgan fingerprint density at radius 1 is 1.07 bits per heavy atom. The molecule has 0 radical (unpaired) electrons. The van der Waals surface area contributed by atoms with Crippen molar-refractivity contribution in [3.05, 3.63) is 53.1 Å². The van der Waals surface area contributed by atoms with Gasteiger partial charge in [-0.05, 0) is 63.4 Å². The van der Waals surface area contributed by atoms with Gasteiger partial charge in [-0.1, -0.05) is 11.6 Å². The number of benzene rings is 2. The fourth-order valence-electron chi connectivity index (χ4n) is 3.05. The van der Waals surface area contributed by atoms with Crippen LogP contribution < -0.4 is 15.0 Å². The number of hydrogen-bond donors (Lipinski definition) is 1. The molecule has 144 valence electrons. The highest BCUT2D eigenvalue weighted by atomic mass is 35.5. The van der Waals surface area contributed by atoms with Crippen LogP contribution in [0.4, 0.5) is 11.4 Å². The van der Waals surface area contributed by atoms with Gasteiger partial charge >= 0.3 is 0 Å². The van der Waals surface area contributed by atoms with Gasteiger partial charge in [-0.2, -0.15) is 0 Å². The van der Waals surface area contributed by atoms with Crippen molar-refractivity contribution < 1.29 is 9.53 Å². The number of carbonyl (C=O) groups is 1. The number of amides is 1. The lowest BCUT2D eigenvalue weighted by molar-refractivity contribution is 0.102. The summed E-state index contributed by atoms with van der Waals surface area (Å²) >= 11 is 6.47. The molecule has 6 heteroatoms. The Morgan fingerprint density at radius 3 is 2.33 bits per heavy atom. The molecule has 0 unspecified atom stereocenters. The van der Waals surface area contributed by atoms with Gasteiger partial charge in [-0.15, -0.1) is 0 Å². The molecule has 1 amide bonds. The zero-order chi connectivity index (χ0) is 19.4. The van der Waals surface area contributed by atoms with Crippen molar-refractivity contribution in [1.29, 1.82) is 0 Å². The molecule has 1 N–H and O–H groups in total. The molecule has 1 heterocycles. The van der Waals surface area contributed by atoms with Crippen molar-refractivity contribution in [3.63, 3.8) is 0 Å². The molecule has 0 aliphatic carbocycles. The lowest BCUT2D eigenvalue weighted by Crippen LogP contribution is -2.44. The number of piperazine rings is 1. The number of halogens is 1. The average Bonchev–Trinajstić information content (AvgIpc) is 2.63. The van der Waals surface area contributed by atoms with E-state index in [0.717, 1.165) is 37.6 Å². The zero-order valence-corrected chi connectivity index (χ0v) is 16.8. The molecule has 5 nitrogen and oxygen atoms in total. The molecular weight excluding hydrogens is 362 g/mol. The average molecular weight is 388 g/mol. The van der Waals surface area contributed by atoms with Gasteiger partial charge in [0.25, 0.3) is 5.91 Å². The summed E-state index contributed by atoms with van der Waals surface area (Å²) in [7, 11) is 2.12. The summed E-state index contributed by atoms with van der Waals surface area (Å²) in [6.45, 7) is 7.88. The number of rotatable bonds is 5. The normalized spacial score (nSPS) is 15.1. The van der Waals surface area contributed by atoms with E-state index in [-0.39, 0.29) is 12.0 Å². The van der Waals surface area contributed by atoms with Crippen LogP contribution in [0, 0.1) is 0 Å². The first-order valence-electron chi connectivity index (χ1n) is 9.23. The molecule has 27 heavy (non-hydrogen) atoms. The molecule has 0 atom stereocenters. The second-order valence-electron chi connectivity index (χ2n) is 7.10. The molecular formula is C21H26ClN3O2. The van der Waals surface area contributed by atoms with Crippen LogP contribution in [-0.4, -0.2) is 50.1 Å². The largest absolute Gasteiger partial charge is 0.491 e. The van der Waals surface area contributed by atoms with Crippen LogP contribution in [0.1, 0.15) is 24.2 Å². The number of nitrogens with zero attached hydrogens (tertiary/aromatic N) is 2. The summed E-state index contributed by atoms with van der Waals surface area (Å²) < 4.78 is 5.60. The second kappa shape index (κ2) is 8.63. The van der Waals surface area contributed by atoms with Gasteiger partial charge in [0.2, 0.25) is 0 Å². The topological polar surface area (TPSA) is 44.8 Å². The van der Waals surface area contributed by atoms with E-state index >= 15 is 0 Å². The van der Waals surface area contributed by atoms with E-state index in [2.05, 4.69) is 22.2 Å². The van der Waals surface area contributed by atoms with E-state index in [1.807, 2.05) is 32.0 Å². The standard InChI is InChI=1S/C21H26ClN3O2/c1-15(2)27-18-7-4-16(5-8-18)21(26)23-17-6-9-20(19(22)14-17)25-12-10-24(3)11-13-25/h4-9,14-15H,10-13H2,1-3H3,(H,23,26). The van der Waals surface area contributed by atoms with Gasteiger partial charge < -0.3 is 19.9 Å². The maximum Gasteiger partial charge on any atom is 0.255 e. The van der Waals surface area contributed by atoms with Gasteiger partial charge in [0.15, 0.2) is 0 Å². The highest BCUT2D eigenvalue weighted by Gasteiger charge is 2.17. The Balaban J connectivity index is 1.65. The van der Waals surface area contributed by atoms with Crippen LogP contribution in [0.25, 0.3) is 0 Å². The summed E-state index contributed by atoms with van der Waals surface area (Å²) in [5.74, 6) is 0.579. The van der Waals surface area contributed by atoms with Crippen molar-refractivity contribution in [1.82, 2.24) is 4.90 Å². The van der Waals surface area contributed by atoms with E-state index in [1.165, 1.54) is 0 Å². The predicted molar refractivity (Wildman–Crippen MR) is 111 cm³/mol. The minimum atomic E-state index is -0.172. The Hall–Kier alpha value is -2.24. The zero-order valence-electron chi connectivity index (χ0n) is 16.0. The number of carbonyl (C=O) groups excluding carboxylic acids is 1. The highest BCUT2D eigenvalue weighted by molar-refractivity contribution is 6.33. The maximum absolute atomic E-state index is 12.5. The molecule has 0 spiro atoms. The van der Waals surface area contributed by atoms with Crippen LogP contribution in [0.15, 0.2) is 42.5 Å². The fourth-order valence-corrected chi connectivity index (χ4v) is 3.35. The molecule has 2 aromatic rings. The number of likely N-dealkylation sites (N-methyl/N-ethyl adjacent to an activating group) is 1. The second-order valence-corrected chi connectivity index (χ2v) is 7.51. The first-order chi connectivity index (χ1) is 12.9. The van der Waals surface area contributed by atoms with E-state index in [4.69, 9.17) is 16.3 Å². The molecule has 1 saturated heterocycles. The van der Waals surface area contributed by atoms with Crippen LogP contribution in [-0.2, 0) is 0 Å². The van der Waals surface area contributed by atoms with E-state index in [0.29, 0.717) is 16.3 Å².